The fourth-order valence-electron chi connectivity index (χ4n) is 6.58. The topological polar surface area (TPSA) is 43.2 Å². The maximum atomic E-state index is 8.81. The number of nitrogens with one attached hydrogen (secondary N) is 1. The molecular weight excluding hydrogens is 500 g/mol. The number of pyridine rings is 1. The molecule has 0 amide bonds. The van der Waals surface area contributed by atoms with Crippen molar-refractivity contribution in [2.45, 2.75) is 66.1 Å². The van der Waals surface area contributed by atoms with E-state index in [1.807, 2.05) is 30.5 Å². The van der Waals surface area contributed by atoms with Crippen LogP contribution in [0.2, 0.25) is 0 Å². The number of hydrogen-bond acceptors (Lipinski definition) is 4. The van der Waals surface area contributed by atoms with Crippen LogP contribution in [0.25, 0.3) is 0 Å². The molecular formula is C37H44N4. The van der Waals surface area contributed by atoms with Gasteiger partial charge in [0, 0.05) is 35.6 Å². The first-order chi connectivity index (χ1) is 19.8. The molecule has 1 N–H and O–H groups in total. The predicted molar refractivity (Wildman–Crippen MR) is 172 cm³/mol. The Labute approximate surface area is 246 Å². The molecule has 4 aromatic rings. The standard InChI is InChI=1S/C37H44N4/c1-26-12-6-8-14-33(26)37(38)34-18-17-31(24-28(34)3)25-40-22-19-32(20-23-40)29(4)41(36-16-9-7-13-27(36)2)30(5)35-15-10-11-21-39-35/h6-18,21,24,29-30,32,38H,19-20,22-23,25H2,1-5H3. The SMILES string of the molecule is Cc1ccccc1C(=N)c1ccc(CN2CCC(C(C)N(c3ccccc3C)C(C)c3ccccn3)CC2)cc1C. The quantitative estimate of drug-likeness (QED) is 0.216. The first kappa shape index (κ1) is 28.8. The van der Waals surface area contributed by atoms with Crippen molar-refractivity contribution in [1.29, 1.82) is 5.41 Å². The minimum atomic E-state index is 0.199. The predicted octanol–water partition coefficient (Wildman–Crippen LogP) is 8.29. The van der Waals surface area contributed by atoms with E-state index < -0.39 is 0 Å². The Morgan fingerprint density at radius 2 is 1.49 bits per heavy atom. The molecule has 1 aromatic heterocycles. The number of likely N-dealkylation sites (tertiary alicyclic amines) is 1. The van der Waals surface area contributed by atoms with Crippen molar-refractivity contribution in [3.63, 3.8) is 0 Å². The summed E-state index contributed by atoms with van der Waals surface area (Å²) in [6.07, 6.45) is 4.28. The smallest absolute Gasteiger partial charge is 0.0689 e. The summed E-state index contributed by atoms with van der Waals surface area (Å²) in [5, 5.41) is 8.81. The normalized spacial score (nSPS) is 15.8. The molecule has 1 fully saturated rings. The molecule has 2 atom stereocenters. The number of hydrogen-bond donors (Lipinski definition) is 1. The molecule has 212 valence electrons. The molecule has 41 heavy (non-hydrogen) atoms. The molecule has 1 aliphatic heterocycles. The summed E-state index contributed by atoms with van der Waals surface area (Å²) >= 11 is 0. The van der Waals surface area contributed by atoms with Crippen molar-refractivity contribution in [3.05, 3.63) is 130 Å². The van der Waals surface area contributed by atoms with Crippen molar-refractivity contribution in [2.24, 2.45) is 5.92 Å². The average molecular weight is 545 g/mol. The van der Waals surface area contributed by atoms with Crippen LogP contribution in [0.4, 0.5) is 5.69 Å². The Kier molecular flexibility index (Phi) is 8.99. The number of para-hydroxylation sites is 1. The highest BCUT2D eigenvalue weighted by Crippen LogP contribution is 2.36. The lowest BCUT2D eigenvalue weighted by Crippen LogP contribution is -2.45. The average Bonchev–Trinajstić information content (AvgIpc) is 2.99. The Morgan fingerprint density at radius 1 is 0.829 bits per heavy atom. The molecule has 3 aromatic carbocycles. The van der Waals surface area contributed by atoms with Crippen LogP contribution in [0.3, 0.4) is 0 Å². The van der Waals surface area contributed by atoms with Gasteiger partial charge < -0.3 is 4.90 Å². The van der Waals surface area contributed by atoms with Gasteiger partial charge in [-0.15, -0.1) is 0 Å². The summed E-state index contributed by atoms with van der Waals surface area (Å²) < 4.78 is 0. The van der Waals surface area contributed by atoms with E-state index in [2.05, 4.69) is 105 Å². The number of piperidine rings is 1. The number of benzene rings is 3. The summed E-state index contributed by atoms with van der Waals surface area (Å²) in [5.74, 6) is 0.621. The van der Waals surface area contributed by atoms with E-state index in [4.69, 9.17) is 10.4 Å². The van der Waals surface area contributed by atoms with Gasteiger partial charge in [0.1, 0.15) is 0 Å². The molecule has 0 spiro atoms. The number of rotatable bonds is 9. The van der Waals surface area contributed by atoms with Gasteiger partial charge in [-0.1, -0.05) is 66.7 Å². The van der Waals surface area contributed by atoms with E-state index in [-0.39, 0.29) is 6.04 Å². The zero-order chi connectivity index (χ0) is 28.9. The zero-order valence-electron chi connectivity index (χ0n) is 25.3. The van der Waals surface area contributed by atoms with Crippen LogP contribution in [0.15, 0.2) is 91.1 Å². The second-order valence-electron chi connectivity index (χ2n) is 11.8. The van der Waals surface area contributed by atoms with E-state index in [9.17, 15) is 0 Å². The van der Waals surface area contributed by atoms with Gasteiger partial charge >= 0.3 is 0 Å². The van der Waals surface area contributed by atoms with Crippen LogP contribution in [-0.4, -0.2) is 34.7 Å². The van der Waals surface area contributed by atoms with Crippen molar-refractivity contribution in [3.8, 4) is 0 Å². The molecule has 4 heteroatoms. The molecule has 0 radical (unpaired) electrons. The highest BCUT2D eigenvalue weighted by Gasteiger charge is 2.32. The maximum Gasteiger partial charge on any atom is 0.0689 e. The van der Waals surface area contributed by atoms with Crippen molar-refractivity contribution >= 4 is 11.4 Å². The molecule has 1 aliphatic rings. The largest absolute Gasteiger partial charge is 0.360 e. The van der Waals surface area contributed by atoms with Gasteiger partial charge in [-0.2, -0.15) is 0 Å². The summed E-state index contributed by atoms with van der Waals surface area (Å²) in [5.41, 5.74) is 10.0. The Morgan fingerprint density at radius 3 is 2.15 bits per heavy atom. The molecule has 5 rings (SSSR count). The summed E-state index contributed by atoms with van der Waals surface area (Å²) in [6.45, 7) is 14.3. The Hall–Kier alpha value is -3.76. The van der Waals surface area contributed by atoms with Gasteiger partial charge in [-0.25, -0.2) is 0 Å². The van der Waals surface area contributed by atoms with Gasteiger partial charge in [0.05, 0.1) is 17.4 Å². The third-order valence-electron chi connectivity index (χ3n) is 9.06. The second-order valence-corrected chi connectivity index (χ2v) is 11.8. The molecule has 4 nitrogen and oxygen atoms in total. The molecule has 2 heterocycles. The van der Waals surface area contributed by atoms with E-state index >= 15 is 0 Å². The minimum absolute atomic E-state index is 0.199. The third kappa shape index (κ3) is 6.44. The number of anilines is 1. The number of aromatic nitrogens is 1. The van der Waals surface area contributed by atoms with E-state index in [1.54, 1.807) is 0 Å². The Balaban J connectivity index is 1.25. The highest BCUT2D eigenvalue weighted by atomic mass is 15.2. The van der Waals surface area contributed by atoms with E-state index in [0.29, 0.717) is 17.7 Å². The summed E-state index contributed by atoms with van der Waals surface area (Å²) in [4.78, 5) is 9.94. The fourth-order valence-corrected chi connectivity index (χ4v) is 6.58. The van der Waals surface area contributed by atoms with E-state index in [0.717, 1.165) is 42.0 Å². The monoisotopic (exact) mass is 544 g/mol. The van der Waals surface area contributed by atoms with Gasteiger partial charge in [-0.3, -0.25) is 15.3 Å². The highest BCUT2D eigenvalue weighted by molar-refractivity contribution is 6.12. The lowest BCUT2D eigenvalue weighted by molar-refractivity contribution is 0.161. The Bertz CT molecular complexity index is 1470. The van der Waals surface area contributed by atoms with Crippen molar-refractivity contribution in [2.75, 3.05) is 18.0 Å². The van der Waals surface area contributed by atoms with Crippen LogP contribution < -0.4 is 4.90 Å². The summed E-state index contributed by atoms with van der Waals surface area (Å²) in [6, 6.07) is 30.5. The van der Waals surface area contributed by atoms with Gasteiger partial charge in [0.25, 0.3) is 0 Å². The minimum Gasteiger partial charge on any atom is -0.360 e. The lowest BCUT2D eigenvalue weighted by Gasteiger charge is -2.44. The van der Waals surface area contributed by atoms with Gasteiger partial charge in [0.2, 0.25) is 0 Å². The maximum absolute atomic E-state index is 8.81. The van der Waals surface area contributed by atoms with E-state index in [1.165, 1.54) is 35.2 Å². The molecule has 2 unspecified atom stereocenters. The van der Waals surface area contributed by atoms with Crippen LogP contribution >= 0.6 is 0 Å². The van der Waals surface area contributed by atoms with Crippen LogP contribution in [0.1, 0.15) is 71.8 Å². The first-order valence-corrected chi connectivity index (χ1v) is 15.0. The van der Waals surface area contributed by atoms with Crippen LogP contribution in [0.5, 0.6) is 0 Å². The molecule has 0 saturated carbocycles. The van der Waals surface area contributed by atoms with Crippen molar-refractivity contribution < 1.29 is 0 Å². The molecule has 0 bridgehead atoms. The number of aryl methyl sites for hydroxylation is 3. The van der Waals surface area contributed by atoms with Crippen LogP contribution in [0, 0.1) is 32.1 Å². The first-order valence-electron chi connectivity index (χ1n) is 15.0. The fraction of sp³-hybridized carbons (Fsp3) is 0.351. The van der Waals surface area contributed by atoms with Gasteiger partial charge in [-0.05, 0) is 107 Å². The molecule has 1 saturated heterocycles. The third-order valence-corrected chi connectivity index (χ3v) is 9.06. The second kappa shape index (κ2) is 12.8. The lowest BCUT2D eigenvalue weighted by atomic mass is 9.87. The molecule has 0 aliphatic carbocycles. The van der Waals surface area contributed by atoms with Gasteiger partial charge in [0.15, 0.2) is 0 Å². The van der Waals surface area contributed by atoms with Crippen molar-refractivity contribution in [1.82, 2.24) is 9.88 Å². The zero-order valence-corrected chi connectivity index (χ0v) is 25.3. The van der Waals surface area contributed by atoms with Crippen LogP contribution in [-0.2, 0) is 6.54 Å². The summed E-state index contributed by atoms with van der Waals surface area (Å²) in [7, 11) is 0. The number of nitrogens with zero attached hydrogens (tertiary/aromatic N) is 3.